The molecule has 0 spiro atoms. The molecule has 0 amide bonds. The highest BCUT2D eigenvalue weighted by atomic mass is 16.6. The first-order chi connectivity index (χ1) is 11.4. The van der Waals surface area contributed by atoms with Gasteiger partial charge in [0.1, 0.15) is 37.0 Å². The van der Waals surface area contributed by atoms with Crippen LogP contribution in [0.4, 0.5) is 0 Å². The molecule has 3 rings (SSSR count). The van der Waals surface area contributed by atoms with E-state index in [1.165, 1.54) is 6.34 Å². The number of allylic oxidation sites excluding steroid dienone is 1. The molecule has 0 radical (unpaired) electrons. The molecule has 0 aliphatic carbocycles. The van der Waals surface area contributed by atoms with Crippen molar-refractivity contribution in [2.75, 3.05) is 13.3 Å². The van der Waals surface area contributed by atoms with Crippen LogP contribution in [0.25, 0.3) is 0 Å². The third-order valence-corrected chi connectivity index (χ3v) is 4.39. The van der Waals surface area contributed by atoms with Gasteiger partial charge < -0.3 is 30.7 Å². The molecular weight excluding hydrogens is 314 g/mol. The Morgan fingerprint density at radius 3 is 2.83 bits per heavy atom. The number of fused-ring (bicyclic) bond motifs is 1. The SMILES string of the molecule is CC(C)=CCC1(N)N=CN=C2C1=NCN2[C@@H]1O[C@H](CO)[C@@H](O)[C@H]1O. The Morgan fingerprint density at radius 1 is 1.46 bits per heavy atom. The number of ether oxygens (including phenoxy) is 1. The number of aliphatic hydroxyl groups excluding tert-OH is 3. The lowest BCUT2D eigenvalue weighted by Gasteiger charge is -2.32. The lowest BCUT2D eigenvalue weighted by molar-refractivity contribution is -0.0688. The van der Waals surface area contributed by atoms with Gasteiger partial charge in [-0.2, -0.15) is 0 Å². The summed E-state index contributed by atoms with van der Waals surface area (Å²) >= 11 is 0. The standard InChI is InChI=1S/C15H23N5O4/c1-8(2)3-4-15(16)12-13(17-6-19-15)20(7-18-12)14-11(23)10(22)9(5-21)24-14/h3,6,9-11,14,21-23H,4-5,7,16H2,1-2H3/t9-,10-,11-,14-,15?/m1/s1. The van der Waals surface area contributed by atoms with Gasteiger partial charge in [0.25, 0.3) is 0 Å². The summed E-state index contributed by atoms with van der Waals surface area (Å²) in [5, 5.41) is 29.4. The van der Waals surface area contributed by atoms with Gasteiger partial charge in [0.05, 0.1) is 6.61 Å². The molecule has 3 heterocycles. The second-order valence-electron chi connectivity index (χ2n) is 6.45. The molecule has 0 aromatic heterocycles. The van der Waals surface area contributed by atoms with Crippen molar-refractivity contribution in [3.05, 3.63) is 11.6 Å². The fraction of sp³-hybridized carbons (Fsp3) is 0.667. The van der Waals surface area contributed by atoms with Gasteiger partial charge in [-0.3, -0.25) is 4.99 Å². The molecule has 1 fully saturated rings. The van der Waals surface area contributed by atoms with Crippen molar-refractivity contribution in [3.63, 3.8) is 0 Å². The van der Waals surface area contributed by atoms with E-state index in [0.29, 0.717) is 18.0 Å². The number of nitrogens with zero attached hydrogens (tertiary/aromatic N) is 4. The van der Waals surface area contributed by atoms with E-state index in [-0.39, 0.29) is 13.3 Å². The van der Waals surface area contributed by atoms with E-state index in [1.54, 1.807) is 4.90 Å². The fourth-order valence-electron chi connectivity index (χ4n) is 2.98. The van der Waals surface area contributed by atoms with Crippen LogP contribution in [-0.2, 0) is 4.74 Å². The number of hydrogen-bond acceptors (Lipinski definition) is 9. The molecule has 0 aromatic carbocycles. The van der Waals surface area contributed by atoms with E-state index in [9.17, 15) is 15.3 Å². The number of nitrogens with two attached hydrogens (primary N) is 1. The lowest BCUT2D eigenvalue weighted by Crippen LogP contribution is -2.55. The molecule has 0 saturated carbocycles. The van der Waals surface area contributed by atoms with Gasteiger partial charge >= 0.3 is 0 Å². The van der Waals surface area contributed by atoms with Crippen LogP contribution >= 0.6 is 0 Å². The van der Waals surface area contributed by atoms with E-state index in [2.05, 4.69) is 15.0 Å². The summed E-state index contributed by atoms with van der Waals surface area (Å²) in [6.07, 6.45) is -0.201. The lowest BCUT2D eigenvalue weighted by atomic mass is 9.98. The van der Waals surface area contributed by atoms with Crippen molar-refractivity contribution >= 4 is 17.9 Å². The third-order valence-electron chi connectivity index (χ3n) is 4.39. The van der Waals surface area contributed by atoms with Gasteiger partial charge in [-0.15, -0.1) is 0 Å². The number of rotatable bonds is 4. The Hall–Kier alpha value is -1.65. The Balaban J connectivity index is 1.82. The van der Waals surface area contributed by atoms with E-state index < -0.39 is 30.2 Å². The molecule has 1 unspecified atom stereocenters. The topological polar surface area (TPSA) is 136 Å². The molecular formula is C15H23N5O4. The smallest absolute Gasteiger partial charge is 0.162 e. The average molecular weight is 337 g/mol. The molecule has 5 atom stereocenters. The Kier molecular flexibility index (Phi) is 4.54. The molecule has 0 bridgehead atoms. The Bertz CT molecular complexity index is 627. The van der Waals surface area contributed by atoms with E-state index in [4.69, 9.17) is 10.5 Å². The van der Waals surface area contributed by atoms with Crippen LogP contribution in [0.3, 0.4) is 0 Å². The summed E-state index contributed by atoms with van der Waals surface area (Å²) in [7, 11) is 0. The van der Waals surface area contributed by atoms with Crippen LogP contribution in [0.15, 0.2) is 26.6 Å². The van der Waals surface area contributed by atoms with E-state index >= 15 is 0 Å². The van der Waals surface area contributed by atoms with E-state index in [0.717, 1.165) is 5.57 Å². The molecule has 5 N–H and O–H groups in total. The molecule has 3 aliphatic heterocycles. The van der Waals surface area contributed by atoms with Crippen LogP contribution in [0.1, 0.15) is 20.3 Å². The van der Waals surface area contributed by atoms with Crippen LogP contribution in [0.5, 0.6) is 0 Å². The second-order valence-corrected chi connectivity index (χ2v) is 6.45. The first kappa shape index (κ1) is 17.2. The summed E-state index contributed by atoms with van der Waals surface area (Å²) in [6, 6.07) is 0. The number of hydrogen-bond donors (Lipinski definition) is 4. The maximum absolute atomic E-state index is 10.2. The van der Waals surface area contributed by atoms with Crippen molar-refractivity contribution in [1.29, 1.82) is 0 Å². The predicted molar refractivity (Wildman–Crippen MR) is 88.8 cm³/mol. The van der Waals surface area contributed by atoms with Crippen molar-refractivity contribution in [3.8, 4) is 0 Å². The minimum atomic E-state index is -1.18. The van der Waals surface area contributed by atoms with Gasteiger partial charge in [-0.25, -0.2) is 9.98 Å². The van der Waals surface area contributed by atoms with Crippen LogP contribution in [-0.4, -0.2) is 81.6 Å². The van der Waals surface area contributed by atoms with Crippen LogP contribution in [0.2, 0.25) is 0 Å². The van der Waals surface area contributed by atoms with E-state index in [1.807, 2.05) is 19.9 Å². The zero-order valence-electron chi connectivity index (χ0n) is 13.7. The highest BCUT2D eigenvalue weighted by molar-refractivity contribution is 6.47. The Labute approximate surface area is 139 Å². The minimum absolute atomic E-state index is 0.192. The average Bonchev–Trinajstić information content (AvgIpc) is 3.09. The van der Waals surface area contributed by atoms with Crippen molar-refractivity contribution in [1.82, 2.24) is 4.90 Å². The molecule has 0 aromatic rings. The highest BCUT2D eigenvalue weighted by Crippen LogP contribution is 2.29. The van der Waals surface area contributed by atoms with Crippen molar-refractivity contribution in [2.45, 2.75) is 50.5 Å². The molecule has 9 heteroatoms. The molecule has 9 nitrogen and oxygen atoms in total. The molecule has 3 aliphatic rings. The van der Waals surface area contributed by atoms with Gasteiger partial charge in [-0.05, 0) is 13.8 Å². The fourth-order valence-corrected chi connectivity index (χ4v) is 2.98. The number of amidine groups is 1. The normalized spacial score (nSPS) is 38.0. The monoisotopic (exact) mass is 337 g/mol. The summed E-state index contributed by atoms with van der Waals surface area (Å²) in [4.78, 5) is 14.6. The zero-order valence-corrected chi connectivity index (χ0v) is 13.7. The molecule has 1 saturated heterocycles. The molecule has 132 valence electrons. The summed E-state index contributed by atoms with van der Waals surface area (Å²) < 4.78 is 5.56. The number of aliphatic imine (C=N–C) groups is 3. The minimum Gasteiger partial charge on any atom is -0.394 e. The van der Waals surface area contributed by atoms with Gasteiger partial charge in [0.2, 0.25) is 0 Å². The van der Waals surface area contributed by atoms with Gasteiger partial charge in [0, 0.05) is 6.42 Å². The summed E-state index contributed by atoms with van der Waals surface area (Å²) in [5.74, 6) is 0.476. The van der Waals surface area contributed by atoms with Gasteiger partial charge in [0.15, 0.2) is 17.7 Å². The van der Waals surface area contributed by atoms with Crippen molar-refractivity contribution < 1.29 is 20.1 Å². The number of aliphatic hydroxyl groups is 3. The zero-order chi connectivity index (χ0) is 17.5. The highest BCUT2D eigenvalue weighted by Gasteiger charge is 2.50. The van der Waals surface area contributed by atoms with Crippen LogP contribution in [0, 0.1) is 0 Å². The quantitative estimate of drug-likeness (QED) is 0.465. The summed E-state index contributed by atoms with van der Waals surface area (Å²) in [5.41, 5.74) is 7.03. The largest absolute Gasteiger partial charge is 0.394 e. The molecule has 24 heavy (non-hydrogen) atoms. The second kappa shape index (κ2) is 6.34. The van der Waals surface area contributed by atoms with Crippen LogP contribution < -0.4 is 5.73 Å². The first-order valence-electron chi connectivity index (χ1n) is 7.85. The van der Waals surface area contributed by atoms with Gasteiger partial charge in [-0.1, -0.05) is 11.6 Å². The van der Waals surface area contributed by atoms with Crippen molar-refractivity contribution in [2.24, 2.45) is 20.7 Å². The predicted octanol–water partition coefficient (Wildman–Crippen LogP) is -1.41. The first-order valence-corrected chi connectivity index (χ1v) is 7.85. The Morgan fingerprint density at radius 2 is 2.21 bits per heavy atom. The third kappa shape index (κ3) is 2.78. The maximum Gasteiger partial charge on any atom is 0.162 e. The maximum atomic E-state index is 10.2. The summed E-state index contributed by atoms with van der Waals surface area (Å²) in [6.45, 7) is 3.77.